The van der Waals surface area contributed by atoms with Crippen molar-refractivity contribution >= 4 is 17.5 Å². The number of ether oxygens (including phenoxy) is 2. The Balaban J connectivity index is 2.80. The molecule has 0 heterocycles. The Kier molecular flexibility index (Phi) is 7.68. The molecule has 0 aliphatic rings. The van der Waals surface area contributed by atoms with Crippen LogP contribution in [0.1, 0.15) is 19.4 Å². The van der Waals surface area contributed by atoms with E-state index in [0.29, 0.717) is 16.9 Å². The van der Waals surface area contributed by atoms with Crippen molar-refractivity contribution in [1.82, 2.24) is 0 Å². The van der Waals surface area contributed by atoms with Crippen LogP contribution in [0.3, 0.4) is 0 Å². The first-order chi connectivity index (χ1) is 11.8. The predicted molar refractivity (Wildman–Crippen MR) is 98.6 cm³/mol. The van der Waals surface area contributed by atoms with E-state index in [1.807, 2.05) is 0 Å². The maximum Gasteiger partial charge on any atom is 0.338 e. The fourth-order valence-corrected chi connectivity index (χ4v) is 1.65. The molecule has 0 N–H and O–H groups in total. The molecule has 0 aliphatic heterocycles. The molecule has 25 heavy (non-hydrogen) atoms. The summed E-state index contributed by atoms with van der Waals surface area (Å²) < 4.78 is 10.1. The molecule has 0 unspecified atom stereocenters. The van der Waals surface area contributed by atoms with Crippen LogP contribution in [0.4, 0.5) is 0 Å². The van der Waals surface area contributed by atoms with Gasteiger partial charge in [0.15, 0.2) is 0 Å². The number of hydrogen-bond donors (Lipinski definition) is 0. The third-order valence-electron chi connectivity index (χ3n) is 2.94. The summed E-state index contributed by atoms with van der Waals surface area (Å²) in [6, 6.07) is 6.87. The second-order valence-corrected chi connectivity index (χ2v) is 5.24. The number of allylic oxidation sites excluding steroid dienone is 3. The zero-order chi connectivity index (χ0) is 18.8. The van der Waals surface area contributed by atoms with E-state index in [1.165, 1.54) is 0 Å². The van der Waals surface area contributed by atoms with Gasteiger partial charge in [-0.25, -0.2) is 9.59 Å². The summed E-state index contributed by atoms with van der Waals surface area (Å²) >= 11 is 0. The number of rotatable bonds is 7. The molecule has 4 heteroatoms. The predicted octanol–water partition coefficient (Wildman–Crippen LogP) is 3.86. The first kappa shape index (κ1) is 19.7. The molecule has 0 saturated carbocycles. The van der Waals surface area contributed by atoms with Gasteiger partial charge in [0.05, 0.1) is 0 Å². The van der Waals surface area contributed by atoms with Crippen molar-refractivity contribution < 1.29 is 19.1 Å². The van der Waals surface area contributed by atoms with Crippen LogP contribution < -0.4 is 4.74 Å². The van der Waals surface area contributed by atoms with Gasteiger partial charge in [0.1, 0.15) is 12.4 Å². The molecular formula is C21H20O4. The summed E-state index contributed by atoms with van der Waals surface area (Å²) in [6.45, 7) is 10.3. The molecular weight excluding hydrogens is 316 g/mol. The van der Waals surface area contributed by atoms with Crippen molar-refractivity contribution in [1.29, 1.82) is 0 Å². The van der Waals surface area contributed by atoms with Crippen molar-refractivity contribution in [2.24, 2.45) is 0 Å². The first-order valence-electron chi connectivity index (χ1n) is 7.48. The fraction of sp³-hybridized carbons (Fsp3) is 0.143. The largest absolute Gasteiger partial charge is 0.458 e. The minimum Gasteiger partial charge on any atom is -0.458 e. The van der Waals surface area contributed by atoms with Gasteiger partial charge in [-0.2, -0.15) is 0 Å². The van der Waals surface area contributed by atoms with Gasteiger partial charge in [-0.1, -0.05) is 37.3 Å². The Morgan fingerprint density at radius 3 is 2.24 bits per heavy atom. The molecule has 0 spiro atoms. The van der Waals surface area contributed by atoms with Gasteiger partial charge in [0, 0.05) is 11.1 Å². The van der Waals surface area contributed by atoms with Crippen LogP contribution in [0, 0.1) is 12.3 Å². The van der Waals surface area contributed by atoms with E-state index in [2.05, 4.69) is 19.1 Å². The number of carbonyl (C=O) groups excluding carboxylic acids is 2. The highest BCUT2D eigenvalue weighted by atomic mass is 16.5. The van der Waals surface area contributed by atoms with E-state index >= 15 is 0 Å². The zero-order valence-corrected chi connectivity index (χ0v) is 14.4. The van der Waals surface area contributed by atoms with Gasteiger partial charge in [-0.15, -0.1) is 6.42 Å². The minimum absolute atomic E-state index is 0.113. The highest BCUT2D eigenvalue weighted by Crippen LogP contribution is 2.20. The molecule has 0 fully saturated rings. The molecule has 0 saturated heterocycles. The monoisotopic (exact) mass is 336 g/mol. The van der Waals surface area contributed by atoms with Crippen LogP contribution >= 0.6 is 0 Å². The van der Waals surface area contributed by atoms with Gasteiger partial charge in [0.25, 0.3) is 0 Å². The molecule has 0 radical (unpaired) electrons. The molecule has 1 aromatic rings. The number of carbonyl (C=O) groups is 2. The van der Waals surface area contributed by atoms with E-state index in [1.54, 1.807) is 56.3 Å². The van der Waals surface area contributed by atoms with Crippen LogP contribution in [0.2, 0.25) is 0 Å². The van der Waals surface area contributed by atoms with Crippen molar-refractivity contribution in [3.8, 4) is 18.1 Å². The third-order valence-corrected chi connectivity index (χ3v) is 2.94. The van der Waals surface area contributed by atoms with E-state index in [9.17, 15) is 9.59 Å². The molecule has 1 rings (SSSR count). The summed E-state index contributed by atoms with van der Waals surface area (Å²) in [7, 11) is 0. The SMILES string of the molecule is C#C/C=C(\C=C/COC(=O)C(=C)C)c1ccc(OC(=O)C(=C)C)cc1. The Morgan fingerprint density at radius 1 is 1.12 bits per heavy atom. The molecule has 0 aromatic heterocycles. The normalized spacial score (nSPS) is 10.8. The lowest BCUT2D eigenvalue weighted by Gasteiger charge is -2.06. The summed E-state index contributed by atoms with van der Waals surface area (Å²) in [5.74, 6) is 1.95. The van der Waals surface area contributed by atoms with E-state index in [0.717, 1.165) is 11.1 Å². The minimum atomic E-state index is -0.480. The Morgan fingerprint density at radius 2 is 1.72 bits per heavy atom. The van der Waals surface area contributed by atoms with E-state index in [4.69, 9.17) is 15.9 Å². The molecule has 4 nitrogen and oxygen atoms in total. The molecule has 0 aliphatic carbocycles. The lowest BCUT2D eigenvalue weighted by atomic mass is 10.0. The van der Waals surface area contributed by atoms with E-state index in [-0.39, 0.29) is 6.61 Å². The molecule has 1 aromatic carbocycles. The fourth-order valence-electron chi connectivity index (χ4n) is 1.65. The van der Waals surface area contributed by atoms with Crippen LogP contribution in [0.5, 0.6) is 5.75 Å². The number of benzene rings is 1. The van der Waals surface area contributed by atoms with Crippen LogP contribution in [-0.4, -0.2) is 18.5 Å². The lowest BCUT2D eigenvalue weighted by molar-refractivity contribution is -0.137. The average Bonchev–Trinajstić information content (AvgIpc) is 2.58. The summed E-state index contributed by atoms with van der Waals surface area (Å²) in [4.78, 5) is 22.8. The maximum atomic E-state index is 11.5. The summed E-state index contributed by atoms with van der Waals surface area (Å²) in [5, 5.41) is 0. The van der Waals surface area contributed by atoms with Crippen LogP contribution in [-0.2, 0) is 14.3 Å². The summed E-state index contributed by atoms with van der Waals surface area (Å²) in [5.41, 5.74) is 2.25. The van der Waals surface area contributed by atoms with Crippen molar-refractivity contribution in [2.45, 2.75) is 13.8 Å². The molecule has 128 valence electrons. The number of hydrogen-bond acceptors (Lipinski definition) is 4. The van der Waals surface area contributed by atoms with Gasteiger partial charge in [-0.3, -0.25) is 0 Å². The Hall–Kier alpha value is -3.32. The van der Waals surface area contributed by atoms with Gasteiger partial charge < -0.3 is 9.47 Å². The van der Waals surface area contributed by atoms with Gasteiger partial charge in [0.2, 0.25) is 0 Å². The standard InChI is InChI=1S/C21H20O4/c1-6-8-17(9-7-14-24-20(22)15(2)3)18-10-12-19(13-11-18)25-21(23)16(4)5/h1,7-13H,2,4,14H2,3,5H3/b9-7-,17-8+. The lowest BCUT2D eigenvalue weighted by Crippen LogP contribution is -2.07. The number of esters is 2. The van der Waals surface area contributed by atoms with Crippen LogP contribution in [0.25, 0.3) is 5.57 Å². The average molecular weight is 336 g/mol. The van der Waals surface area contributed by atoms with Crippen molar-refractivity contribution in [2.75, 3.05) is 6.61 Å². The second-order valence-electron chi connectivity index (χ2n) is 5.24. The first-order valence-corrected chi connectivity index (χ1v) is 7.48. The Bertz CT molecular complexity index is 771. The molecule has 0 bridgehead atoms. The van der Waals surface area contributed by atoms with Crippen LogP contribution in [0.15, 0.2) is 66.8 Å². The zero-order valence-electron chi connectivity index (χ0n) is 14.4. The smallest absolute Gasteiger partial charge is 0.338 e. The van der Waals surface area contributed by atoms with Gasteiger partial charge >= 0.3 is 11.9 Å². The third kappa shape index (κ3) is 6.76. The second kappa shape index (κ2) is 9.74. The summed E-state index contributed by atoms with van der Waals surface area (Å²) in [6.07, 6.45) is 10.4. The topological polar surface area (TPSA) is 52.6 Å². The Labute approximate surface area is 148 Å². The van der Waals surface area contributed by atoms with E-state index < -0.39 is 11.9 Å². The molecule has 0 atom stereocenters. The highest BCUT2D eigenvalue weighted by Gasteiger charge is 2.06. The highest BCUT2D eigenvalue weighted by molar-refractivity contribution is 5.89. The van der Waals surface area contributed by atoms with Crippen molar-refractivity contribution in [3.05, 3.63) is 72.4 Å². The van der Waals surface area contributed by atoms with Crippen molar-refractivity contribution in [3.63, 3.8) is 0 Å². The molecule has 0 amide bonds. The number of terminal acetylenes is 1. The maximum absolute atomic E-state index is 11.5. The van der Waals surface area contributed by atoms with Gasteiger partial charge in [-0.05, 0) is 49.3 Å². The quantitative estimate of drug-likeness (QED) is 0.249.